The lowest BCUT2D eigenvalue weighted by Gasteiger charge is -2.11. The van der Waals surface area contributed by atoms with E-state index in [0.717, 1.165) is 0 Å². The van der Waals surface area contributed by atoms with Crippen molar-refractivity contribution in [2.24, 2.45) is 0 Å². The number of hydrogen-bond acceptors (Lipinski definition) is 7. The van der Waals surface area contributed by atoms with Gasteiger partial charge in [0, 0.05) is 11.1 Å². The lowest BCUT2D eigenvalue weighted by molar-refractivity contribution is 0.0757. The second-order valence-electron chi connectivity index (χ2n) is 5.38. The molecule has 0 aromatic heterocycles. The maximum absolute atomic E-state index is 11.0. The first kappa shape index (κ1) is 20.0. The minimum absolute atomic E-state index is 0.184. The van der Waals surface area contributed by atoms with Gasteiger partial charge in [0.25, 0.3) is 0 Å². The summed E-state index contributed by atoms with van der Waals surface area (Å²) in [6.07, 6.45) is 2.64. The SMILES string of the molecule is O=Cc1ccc(C=O)c(OCCOCCOc2cc(C=O)ccc2C=O)c1. The third kappa shape index (κ3) is 5.86. The monoisotopic (exact) mass is 370 g/mol. The lowest BCUT2D eigenvalue weighted by Crippen LogP contribution is -2.13. The minimum Gasteiger partial charge on any atom is -0.490 e. The summed E-state index contributed by atoms with van der Waals surface area (Å²) in [5.74, 6) is 0.631. The van der Waals surface area contributed by atoms with Gasteiger partial charge in [-0.25, -0.2) is 0 Å². The molecule has 0 spiro atoms. The molecule has 2 aromatic carbocycles. The fraction of sp³-hybridized carbons (Fsp3) is 0.200. The second kappa shape index (κ2) is 10.6. The van der Waals surface area contributed by atoms with Crippen LogP contribution in [0, 0.1) is 0 Å². The van der Waals surface area contributed by atoms with E-state index < -0.39 is 0 Å². The molecule has 0 aliphatic carbocycles. The second-order valence-corrected chi connectivity index (χ2v) is 5.38. The molecule has 140 valence electrons. The Morgan fingerprint density at radius 1 is 0.593 bits per heavy atom. The Hall–Kier alpha value is -3.32. The number of ether oxygens (including phenoxy) is 3. The predicted octanol–water partition coefficient (Wildman–Crippen LogP) is 2.41. The van der Waals surface area contributed by atoms with Gasteiger partial charge in [0.1, 0.15) is 37.3 Å². The van der Waals surface area contributed by atoms with Crippen molar-refractivity contribution in [1.29, 1.82) is 0 Å². The van der Waals surface area contributed by atoms with E-state index in [1.165, 1.54) is 36.4 Å². The molecule has 0 N–H and O–H groups in total. The van der Waals surface area contributed by atoms with Crippen LogP contribution in [0.3, 0.4) is 0 Å². The summed E-state index contributed by atoms with van der Waals surface area (Å²) < 4.78 is 16.3. The van der Waals surface area contributed by atoms with Crippen LogP contribution in [0.4, 0.5) is 0 Å². The van der Waals surface area contributed by atoms with E-state index >= 15 is 0 Å². The topological polar surface area (TPSA) is 96.0 Å². The van der Waals surface area contributed by atoms with E-state index in [1.807, 2.05) is 0 Å². The van der Waals surface area contributed by atoms with Gasteiger partial charge in [-0.1, -0.05) is 12.1 Å². The normalized spacial score (nSPS) is 10.1. The molecule has 7 nitrogen and oxygen atoms in total. The van der Waals surface area contributed by atoms with Crippen LogP contribution in [0.25, 0.3) is 0 Å². The first-order valence-corrected chi connectivity index (χ1v) is 8.14. The summed E-state index contributed by atoms with van der Waals surface area (Å²) in [5.41, 5.74) is 1.52. The van der Waals surface area contributed by atoms with Gasteiger partial charge in [-0.3, -0.25) is 19.2 Å². The largest absolute Gasteiger partial charge is 0.490 e. The summed E-state index contributed by atoms with van der Waals surface area (Å²) >= 11 is 0. The van der Waals surface area contributed by atoms with Gasteiger partial charge in [0.15, 0.2) is 12.6 Å². The van der Waals surface area contributed by atoms with Crippen LogP contribution in [0.5, 0.6) is 11.5 Å². The van der Waals surface area contributed by atoms with Gasteiger partial charge >= 0.3 is 0 Å². The number of hydrogen-bond donors (Lipinski definition) is 0. The summed E-state index contributed by atoms with van der Waals surface area (Å²) in [7, 11) is 0. The average Bonchev–Trinajstić information content (AvgIpc) is 2.72. The molecule has 0 saturated heterocycles. The fourth-order valence-electron chi connectivity index (χ4n) is 2.22. The van der Waals surface area contributed by atoms with Gasteiger partial charge in [-0.2, -0.15) is 0 Å². The Morgan fingerprint density at radius 3 is 1.41 bits per heavy atom. The highest BCUT2D eigenvalue weighted by molar-refractivity contribution is 5.84. The van der Waals surface area contributed by atoms with Crippen molar-refractivity contribution in [3.05, 3.63) is 58.7 Å². The van der Waals surface area contributed by atoms with Gasteiger partial charge in [0.05, 0.1) is 24.3 Å². The van der Waals surface area contributed by atoms with E-state index in [0.29, 0.717) is 58.9 Å². The van der Waals surface area contributed by atoms with Gasteiger partial charge in [-0.15, -0.1) is 0 Å². The van der Waals surface area contributed by atoms with Crippen LogP contribution in [-0.4, -0.2) is 51.6 Å². The van der Waals surface area contributed by atoms with Crippen LogP contribution >= 0.6 is 0 Å². The Balaban J connectivity index is 1.74. The highest BCUT2D eigenvalue weighted by atomic mass is 16.5. The van der Waals surface area contributed by atoms with Gasteiger partial charge in [-0.05, 0) is 24.3 Å². The zero-order chi connectivity index (χ0) is 19.5. The van der Waals surface area contributed by atoms with Crippen molar-refractivity contribution in [2.75, 3.05) is 26.4 Å². The third-order valence-electron chi connectivity index (χ3n) is 3.57. The van der Waals surface area contributed by atoms with Crippen molar-refractivity contribution in [3.8, 4) is 11.5 Å². The molecule has 0 saturated carbocycles. The molecule has 0 amide bonds. The number of rotatable bonds is 12. The quantitative estimate of drug-likeness (QED) is 0.418. The van der Waals surface area contributed by atoms with E-state index in [-0.39, 0.29) is 26.4 Å². The molecule has 0 fully saturated rings. The Kier molecular flexibility index (Phi) is 7.87. The molecule has 0 unspecified atom stereocenters. The van der Waals surface area contributed by atoms with Crippen LogP contribution in [0.15, 0.2) is 36.4 Å². The number of aldehydes is 4. The van der Waals surface area contributed by atoms with Gasteiger partial charge < -0.3 is 14.2 Å². The molecule has 0 atom stereocenters. The van der Waals surface area contributed by atoms with E-state index in [9.17, 15) is 19.2 Å². The van der Waals surface area contributed by atoms with Crippen LogP contribution in [0.1, 0.15) is 41.4 Å². The smallest absolute Gasteiger partial charge is 0.153 e. The first-order valence-electron chi connectivity index (χ1n) is 8.14. The fourth-order valence-corrected chi connectivity index (χ4v) is 2.22. The third-order valence-corrected chi connectivity index (χ3v) is 3.57. The van der Waals surface area contributed by atoms with Crippen molar-refractivity contribution in [1.82, 2.24) is 0 Å². The minimum atomic E-state index is 0.184. The molecule has 0 bridgehead atoms. The van der Waals surface area contributed by atoms with Crippen molar-refractivity contribution >= 4 is 25.1 Å². The zero-order valence-corrected chi connectivity index (χ0v) is 14.5. The standard InChI is InChI=1S/C20H18O7/c21-11-15-1-3-17(13-23)19(9-15)26-7-5-25-6-8-27-20-10-16(12-22)2-4-18(20)14-24/h1-4,9-14H,5-8H2. The summed E-state index contributed by atoms with van der Waals surface area (Å²) in [6.45, 7) is 0.844. The summed E-state index contributed by atoms with van der Waals surface area (Å²) in [5, 5.41) is 0. The summed E-state index contributed by atoms with van der Waals surface area (Å²) in [4.78, 5) is 43.5. The highest BCUT2D eigenvalue weighted by Gasteiger charge is 2.06. The Labute approximate surface area is 155 Å². The molecule has 0 radical (unpaired) electrons. The molecule has 2 rings (SSSR count). The molecular formula is C20H18O7. The lowest BCUT2D eigenvalue weighted by atomic mass is 10.1. The molecule has 0 aliphatic heterocycles. The molecule has 7 heteroatoms. The maximum Gasteiger partial charge on any atom is 0.153 e. The highest BCUT2D eigenvalue weighted by Crippen LogP contribution is 2.19. The van der Waals surface area contributed by atoms with E-state index in [1.54, 1.807) is 0 Å². The van der Waals surface area contributed by atoms with Crippen LogP contribution < -0.4 is 9.47 Å². The number of carbonyl (C=O) groups is 4. The van der Waals surface area contributed by atoms with E-state index in [2.05, 4.69) is 0 Å². The average molecular weight is 370 g/mol. The van der Waals surface area contributed by atoms with E-state index in [4.69, 9.17) is 14.2 Å². The van der Waals surface area contributed by atoms with Crippen LogP contribution in [0.2, 0.25) is 0 Å². The zero-order valence-electron chi connectivity index (χ0n) is 14.5. The first-order chi connectivity index (χ1) is 13.2. The Morgan fingerprint density at radius 2 is 1.04 bits per heavy atom. The molecule has 0 aliphatic rings. The van der Waals surface area contributed by atoms with Crippen molar-refractivity contribution < 1.29 is 33.4 Å². The predicted molar refractivity (Wildman–Crippen MR) is 96.2 cm³/mol. The van der Waals surface area contributed by atoms with Crippen molar-refractivity contribution in [3.63, 3.8) is 0 Å². The Bertz CT molecular complexity index is 746. The molecule has 2 aromatic rings. The maximum atomic E-state index is 11.0. The van der Waals surface area contributed by atoms with Crippen LogP contribution in [-0.2, 0) is 4.74 Å². The van der Waals surface area contributed by atoms with Gasteiger partial charge in [0.2, 0.25) is 0 Å². The number of carbonyl (C=O) groups excluding carboxylic acids is 4. The number of benzene rings is 2. The molecule has 0 heterocycles. The summed E-state index contributed by atoms with van der Waals surface area (Å²) in [6, 6.07) is 9.06. The molecule has 27 heavy (non-hydrogen) atoms. The molecular weight excluding hydrogens is 352 g/mol. The van der Waals surface area contributed by atoms with Crippen molar-refractivity contribution in [2.45, 2.75) is 0 Å².